The number of hydrogen-bond donors (Lipinski definition) is 0. The van der Waals surface area contributed by atoms with Crippen molar-refractivity contribution >= 4 is 10.9 Å². The average molecular weight is 285 g/mol. The molecule has 0 unspecified atom stereocenters. The molecular formula is C15H15N3O3. The highest BCUT2D eigenvalue weighted by molar-refractivity contribution is 5.77. The first kappa shape index (κ1) is 13.4. The van der Waals surface area contributed by atoms with E-state index in [9.17, 15) is 9.59 Å². The minimum absolute atomic E-state index is 0.251. The van der Waals surface area contributed by atoms with Crippen molar-refractivity contribution in [1.29, 1.82) is 0 Å². The van der Waals surface area contributed by atoms with Crippen LogP contribution in [0.3, 0.4) is 0 Å². The van der Waals surface area contributed by atoms with Gasteiger partial charge in [0.05, 0.1) is 23.1 Å². The average Bonchev–Trinajstić information content (AvgIpc) is 2.92. The van der Waals surface area contributed by atoms with Gasteiger partial charge in [-0.2, -0.15) is 5.10 Å². The Morgan fingerprint density at radius 2 is 1.95 bits per heavy atom. The van der Waals surface area contributed by atoms with Gasteiger partial charge in [-0.15, -0.1) is 0 Å². The third-order valence-corrected chi connectivity index (χ3v) is 3.33. The molecular weight excluding hydrogens is 270 g/mol. The summed E-state index contributed by atoms with van der Waals surface area (Å²) in [4.78, 5) is 23.7. The van der Waals surface area contributed by atoms with Crippen molar-refractivity contribution in [2.75, 3.05) is 0 Å². The zero-order valence-electron chi connectivity index (χ0n) is 11.8. The second-order valence-electron chi connectivity index (χ2n) is 5.14. The van der Waals surface area contributed by atoms with Crippen LogP contribution in [0.4, 0.5) is 0 Å². The highest BCUT2D eigenvalue weighted by Crippen LogP contribution is 2.10. The number of para-hydroxylation sites is 1. The summed E-state index contributed by atoms with van der Waals surface area (Å²) in [6.07, 6.45) is 1.87. The van der Waals surface area contributed by atoms with E-state index in [0.29, 0.717) is 10.9 Å². The molecule has 0 N–H and O–H groups in total. The lowest BCUT2D eigenvalue weighted by molar-refractivity contribution is 0.422. The molecule has 0 amide bonds. The number of nitrogens with zero attached hydrogens (tertiary/aromatic N) is 3. The van der Waals surface area contributed by atoms with E-state index in [-0.39, 0.29) is 12.6 Å². The highest BCUT2D eigenvalue weighted by Gasteiger charge is 2.11. The maximum absolute atomic E-state index is 12.0. The molecule has 0 fully saturated rings. The van der Waals surface area contributed by atoms with Gasteiger partial charge in [0, 0.05) is 12.2 Å². The highest BCUT2D eigenvalue weighted by atomic mass is 16.4. The Morgan fingerprint density at radius 3 is 2.67 bits per heavy atom. The maximum atomic E-state index is 12.0. The lowest BCUT2D eigenvalue weighted by Gasteiger charge is -2.07. The van der Waals surface area contributed by atoms with Crippen LogP contribution in [0.2, 0.25) is 0 Å². The zero-order valence-corrected chi connectivity index (χ0v) is 11.8. The van der Waals surface area contributed by atoms with Crippen molar-refractivity contribution < 1.29 is 4.42 Å². The molecule has 3 rings (SSSR count). The van der Waals surface area contributed by atoms with Gasteiger partial charge in [-0.25, -0.2) is 9.59 Å². The molecule has 0 radical (unpaired) electrons. The summed E-state index contributed by atoms with van der Waals surface area (Å²) in [5.41, 5.74) is 0.683. The lowest BCUT2D eigenvalue weighted by Crippen LogP contribution is -2.25. The minimum atomic E-state index is -0.669. The van der Waals surface area contributed by atoms with Crippen molar-refractivity contribution in [2.45, 2.75) is 26.4 Å². The second kappa shape index (κ2) is 5.05. The first-order valence-electron chi connectivity index (χ1n) is 6.73. The van der Waals surface area contributed by atoms with Gasteiger partial charge in [0.25, 0.3) is 0 Å². The Hall–Kier alpha value is -2.63. The van der Waals surface area contributed by atoms with Crippen LogP contribution in [0.5, 0.6) is 0 Å². The molecule has 0 saturated heterocycles. The van der Waals surface area contributed by atoms with Gasteiger partial charge < -0.3 is 4.42 Å². The zero-order chi connectivity index (χ0) is 15.0. The molecule has 0 atom stereocenters. The van der Waals surface area contributed by atoms with Crippen LogP contribution in [0, 0.1) is 0 Å². The molecule has 0 aliphatic rings. The van der Waals surface area contributed by atoms with Crippen LogP contribution < -0.4 is 11.4 Å². The predicted molar refractivity (Wildman–Crippen MR) is 78.5 cm³/mol. The van der Waals surface area contributed by atoms with Crippen molar-refractivity contribution in [1.82, 2.24) is 14.3 Å². The summed E-state index contributed by atoms with van der Waals surface area (Å²) < 4.78 is 8.01. The Labute approximate surface area is 120 Å². The van der Waals surface area contributed by atoms with E-state index in [0.717, 1.165) is 5.69 Å². The number of hydrogen-bond acceptors (Lipinski definition) is 4. The van der Waals surface area contributed by atoms with Crippen LogP contribution in [-0.2, 0) is 6.54 Å². The first-order valence-corrected chi connectivity index (χ1v) is 6.73. The summed E-state index contributed by atoms with van der Waals surface area (Å²) in [5.74, 6) is -0.669. The Bertz CT molecular complexity index is 902. The molecule has 108 valence electrons. The largest absolute Gasteiger partial charge is 0.422 e. The van der Waals surface area contributed by atoms with Gasteiger partial charge in [-0.1, -0.05) is 12.1 Å². The van der Waals surface area contributed by atoms with Gasteiger partial charge >= 0.3 is 11.4 Å². The van der Waals surface area contributed by atoms with Crippen LogP contribution in [0.1, 0.15) is 25.6 Å². The van der Waals surface area contributed by atoms with Gasteiger partial charge in [0.2, 0.25) is 0 Å². The molecule has 1 aromatic carbocycles. The molecule has 3 aromatic rings. The fourth-order valence-electron chi connectivity index (χ4n) is 2.23. The van der Waals surface area contributed by atoms with Gasteiger partial charge in [-0.05, 0) is 32.0 Å². The van der Waals surface area contributed by atoms with E-state index < -0.39 is 11.4 Å². The van der Waals surface area contributed by atoms with Crippen molar-refractivity contribution in [2.24, 2.45) is 0 Å². The van der Waals surface area contributed by atoms with Crippen LogP contribution >= 0.6 is 0 Å². The summed E-state index contributed by atoms with van der Waals surface area (Å²) in [7, 11) is 0. The summed E-state index contributed by atoms with van der Waals surface area (Å²) in [6, 6.07) is 9.00. The predicted octanol–water partition coefficient (Wildman–Crippen LogP) is 1.78. The maximum Gasteiger partial charge on any atom is 0.422 e. The quantitative estimate of drug-likeness (QED) is 0.735. The number of fused-ring (bicyclic) bond motifs is 1. The first-order chi connectivity index (χ1) is 10.1. The summed E-state index contributed by atoms with van der Waals surface area (Å²) in [5, 5.41) is 4.80. The fourth-order valence-corrected chi connectivity index (χ4v) is 2.23. The summed E-state index contributed by atoms with van der Waals surface area (Å²) in [6.45, 7) is 4.32. The Morgan fingerprint density at radius 1 is 1.19 bits per heavy atom. The molecule has 2 heterocycles. The molecule has 0 saturated carbocycles. The Balaban J connectivity index is 2.12. The standard InChI is InChI=1S/C15H15N3O3/c1-10(2)18-8-7-11(16-18)9-17-13-6-4-3-5-12(13)14(19)21-15(17)20/h3-8,10H,9H2,1-2H3. The number of aromatic nitrogens is 3. The molecule has 0 aliphatic carbocycles. The van der Waals surface area contributed by atoms with E-state index in [2.05, 4.69) is 5.10 Å². The smallest absolute Gasteiger partial charge is 0.372 e. The molecule has 21 heavy (non-hydrogen) atoms. The van der Waals surface area contributed by atoms with Crippen LogP contribution in [0.25, 0.3) is 10.9 Å². The van der Waals surface area contributed by atoms with E-state index in [1.54, 1.807) is 24.3 Å². The normalized spacial score (nSPS) is 11.4. The molecule has 0 aliphatic heterocycles. The second-order valence-corrected chi connectivity index (χ2v) is 5.14. The number of rotatable bonds is 3. The van der Waals surface area contributed by atoms with E-state index in [1.807, 2.05) is 30.8 Å². The van der Waals surface area contributed by atoms with Crippen molar-refractivity contribution in [3.63, 3.8) is 0 Å². The molecule has 0 spiro atoms. The lowest BCUT2D eigenvalue weighted by atomic mass is 10.2. The van der Waals surface area contributed by atoms with Gasteiger partial charge in [0.15, 0.2) is 0 Å². The van der Waals surface area contributed by atoms with Gasteiger partial charge in [0.1, 0.15) is 0 Å². The van der Waals surface area contributed by atoms with Gasteiger partial charge in [-0.3, -0.25) is 9.25 Å². The monoisotopic (exact) mass is 285 g/mol. The van der Waals surface area contributed by atoms with Crippen molar-refractivity contribution in [3.05, 3.63) is 63.2 Å². The Kier molecular flexibility index (Phi) is 3.21. The molecule has 6 heteroatoms. The fraction of sp³-hybridized carbons (Fsp3) is 0.267. The molecule has 2 aromatic heterocycles. The SMILES string of the molecule is CC(C)n1ccc(Cn2c(=O)oc(=O)c3ccccc32)n1. The third kappa shape index (κ3) is 2.40. The van der Waals surface area contributed by atoms with E-state index in [4.69, 9.17) is 4.42 Å². The van der Waals surface area contributed by atoms with Crippen molar-refractivity contribution in [3.8, 4) is 0 Å². The number of benzene rings is 1. The van der Waals surface area contributed by atoms with E-state index in [1.165, 1.54) is 4.57 Å². The van der Waals surface area contributed by atoms with Crippen LogP contribution in [-0.4, -0.2) is 14.3 Å². The minimum Gasteiger partial charge on any atom is -0.372 e. The topological polar surface area (TPSA) is 70.0 Å². The third-order valence-electron chi connectivity index (χ3n) is 3.33. The molecule has 0 bridgehead atoms. The van der Waals surface area contributed by atoms with E-state index >= 15 is 0 Å². The summed E-state index contributed by atoms with van der Waals surface area (Å²) >= 11 is 0. The van der Waals surface area contributed by atoms with Crippen LogP contribution in [0.15, 0.2) is 50.5 Å². The molecule has 6 nitrogen and oxygen atoms in total.